The van der Waals surface area contributed by atoms with Crippen LogP contribution in [0.4, 0.5) is 11.5 Å². The maximum Gasteiger partial charge on any atom is 0.227 e. The number of thioether (sulfide) groups is 1. The lowest BCUT2D eigenvalue weighted by molar-refractivity contribution is -0.126. The monoisotopic (exact) mass is 495 g/mol. The van der Waals surface area contributed by atoms with E-state index in [0.717, 1.165) is 35.6 Å². The Labute approximate surface area is 208 Å². The third-order valence-corrected chi connectivity index (χ3v) is 7.08. The zero-order valence-electron chi connectivity index (χ0n) is 19.9. The predicted molar refractivity (Wildman–Crippen MR) is 135 cm³/mol. The van der Waals surface area contributed by atoms with Crippen molar-refractivity contribution < 1.29 is 14.3 Å². The number of hydrogen-bond acceptors (Lipinski definition) is 8. The van der Waals surface area contributed by atoms with Gasteiger partial charge in [0.25, 0.3) is 0 Å². The van der Waals surface area contributed by atoms with E-state index < -0.39 is 5.92 Å². The largest absolute Gasteiger partial charge is 0.497 e. The number of ether oxygens (including phenoxy) is 1. The van der Waals surface area contributed by atoms with Crippen LogP contribution < -0.4 is 19.9 Å². The summed E-state index contributed by atoms with van der Waals surface area (Å²) in [6.45, 7) is 3.23. The molecule has 0 saturated carbocycles. The Hall–Kier alpha value is -3.34. The van der Waals surface area contributed by atoms with Crippen molar-refractivity contribution in [1.82, 2.24) is 25.1 Å². The first-order valence-electron chi connectivity index (χ1n) is 11.8. The van der Waals surface area contributed by atoms with Crippen LogP contribution in [-0.4, -0.2) is 71.1 Å². The van der Waals surface area contributed by atoms with Gasteiger partial charge in [0.2, 0.25) is 11.8 Å². The van der Waals surface area contributed by atoms with Crippen molar-refractivity contribution in [2.75, 3.05) is 49.3 Å². The normalized spacial score (nSPS) is 18.0. The summed E-state index contributed by atoms with van der Waals surface area (Å²) in [5.41, 5.74) is 1.52. The van der Waals surface area contributed by atoms with Crippen LogP contribution in [0, 0.1) is 5.92 Å². The van der Waals surface area contributed by atoms with Crippen LogP contribution in [0.3, 0.4) is 0 Å². The molecule has 11 heteroatoms. The Morgan fingerprint density at radius 1 is 1.26 bits per heavy atom. The first-order valence-corrected chi connectivity index (χ1v) is 13.0. The predicted octanol–water partition coefficient (Wildman–Crippen LogP) is 2.33. The zero-order valence-corrected chi connectivity index (χ0v) is 20.8. The number of benzene rings is 1. The van der Waals surface area contributed by atoms with E-state index in [1.165, 1.54) is 24.6 Å². The average molecular weight is 496 g/mol. The fourth-order valence-corrected chi connectivity index (χ4v) is 5.04. The quantitative estimate of drug-likeness (QED) is 0.375. The SMILES string of the molecule is COc1cccc(N2CC(C(=O)NCCn3ncc4c(N5CCCC5)nc(SC)nc43)CC2=O)c1. The molecule has 1 atom stereocenters. The number of aromatic nitrogens is 4. The second-order valence-electron chi connectivity index (χ2n) is 8.73. The Kier molecular flexibility index (Phi) is 6.76. The Morgan fingerprint density at radius 3 is 2.86 bits per heavy atom. The number of hydrogen-bond donors (Lipinski definition) is 1. The molecule has 2 amide bonds. The van der Waals surface area contributed by atoms with E-state index >= 15 is 0 Å². The molecule has 1 aromatic carbocycles. The van der Waals surface area contributed by atoms with Gasteiger partial charge in [0.1, 0.15) is 11.6 Å². The van der Waals surface area contributed by atoms with Crippen molar-refractivity contribution in [3.05, 3.63) is 30.5 Å². The van der Waals surface area contributed by atoms with Gasteiger partial charge in [-0.1, -0.05) is 17.8 Å². The molecule has 184 valence electrons. The molecular weight excluding hydrogens is 466 g/mol. The van der Waals surface area contributed by atoms with E-state index in [1.54, 1.807) is 12.0 Å². The smallest absolute Gasteiger partial charge is 0.227 e. The van der Waals surface area contributed by atoms with Crippen molar-refractivity contribution in [2.24, 2.45) is 5.92 Å². The summed E-state index contributed by atoms with van der Waals surface area (Å²) in [7, 11) is 1.59. The number of nitrogens with one attached hydrogen (secondary N) is 1. The Bertz CT molecular complexity index is 1240. The second-order valence-corrected chi connectivity index (χ2v) is 9.50. The highest BCUT2D eigenvalue weighted by atomic mass is 32.2. The summed E-state index contributed by atoms with van der Waals surface area (Å²) in [6.07, 6.45) is 6.31. The molecule has 0 radical (unpaired) electrons. The molecule has 10 nitrogen and oxygen atoms in total. The summed E-state index contributed by atoms with van der Waals surface area (Å²) >= 11 is 1.51. The fourth-order valence-electron chi connectivity index (χ4n) is 4.69. The second kappa shape index (κ2) is 10.1. The van der Waals surface area contributed by atoms with Crippen molar-refractivity contribution in [2.45, 2.75) is 31.0 Å². The molecular formula is C24H29N7O3S. The summed E-state index contributed by atoms with van der Waals surface area (Å²) in [6, 6.07) is 7.32. The number of carbonyl (C=O) groups excluding carboxylic acids is 2. The molecule has 2 aromatic heterocycles. The third-order valence-electron chi connectivity index (χ3n) is 6.53. The van der Waals surface area contributed by atoms with Crippen LogP contribution in [0.5, 0.6) is 5.75 Å². The lowest BCUT2D eigenvalue weighted by Gasteiger charge is -2.18. The lowest BCUT2D eigenvalue weighted by Crippen LogP contribution is -2.35. The molecule has 1 N–H and O–H groups in total. The molecule has 2 saturated heterocycles. The van der Waals surface area contributed by atoms with Gasteiger partial charge in [0.05, 0.1) is 31.2 Å². The molecule has 3 aromatic rings. The number of fused-ring (bicyclic) bond motifs is 1. The van der Waals surface area contributed by atoms with Crippen LogP contribution in [0.25, 0.3) is 11.0 Å². The summed E-state index contributed by atoms with van der Waals surface area (Å²) in [4.78, 5) is 38.8. The van der Waals surface area contributed by atoms with E-state index in [2.05, 4.69) is 20.3 Å². The zero-order chi connectivity index (χ0) is 24.4. The molecule has 5 rings (SSSR count). The number of carbonyl (C=O) groups is 2. The van der Waals surface area contributed by atoms with Gasteiger partial charge in [-0.15, -0.1) is 0 Å². The standard InChI is InChI=1S/C24H29N7O3S/c1-34-18-7-5-6-17(13-18)30-15-16(12-20(30)32)23(33)25-8-11-31-22-19(14-26-31)21(27-24(28-22)35-2)29-9-3-4-10-29/h5-7,13-14,16H,3-4,8-12,15H2,1-2H3,(H,25,33). The van der Waals surface area contributed by atoms with Crippen molar-refractivity contribution in [3.8, 4) is 5.75 Å². The van der Waals surface area contributed by atoms with Gasteiger partial charge in [-0.2, -0.15) is 5.10 Å². The van der Waals surface area contributed by atoms with E-state index in [4.69, 9.17) is 9.72 Å². The van der Waals surface area contributed by atoms with E-state index in [1.807, 2.05) is 41.4 Å². The minimum absolute atomic E-state index is 0.0628. The molecule has 2 aliphatic heterocycles. The van der Waals surface area contributed by atoms with Crippen LogP contribution >= 0.6 is 11.8 Å². The van der Waals surface area contributed by atoms with Crippen molar-refractivity contribution in [1.29, 1.82) is 0 Å². The minimum atomic E-state index is -0.393. The Balaban J connectivity index is 1.23. The maximum atomic E-state index is 12.8. The highest BCUT2D eigenvalue weighted by Crippen LogP contribution is 2.29. The van der Waals surface area contributed by atoms with Gasteiger partial charge in [-0.3, -0.25) is 9.59 Å². The van der Waals surface area contributed by atoms with Gasteiger partial charge in [-0.25, -0.2) is 14.6 Å². The van der Waals surface area contributed by atoms with Crippen molar-refractivity contribution >= 4 is 46.1 Å². The highest BCUT2D eigenvalue weighted by Gasteiger charge is 2.35. The van der Waals surface area contributed by atoms with Crippen LogP contribution in [-0.2, 0) is 16.1 Å². The molecule has 35 heavy (non-hydrogen) atoms. The fraction of sp³-hybridized carbons (Fsp3) is 0.458. The number of rotatable bonds is 8. The minimum Gasteiger partial charge on any atom is -0.497 e. The lowest BCUT2D eigenvalue weighted by atomic mass is 10.1. The molecule has 4 heterocycles. The van der Waals surface area contributed by atoms with Gasteiger partial charge in [-0.05, 0) is 31.2 Å². The van der Waals surface area contributed by atoms with Gasteiger partial charge >= 0.3 is 0 Å². The first-order chi connectivity index (χ1) is 17.1. The Morgan fingerprint density at radius 2 is 2.09 bits per heavy atom. The summed E-state index contributed by atoms with van der Waals surface area (Å²) in [5.74, 6) is 1.03. The van der Waals surface area contributed by atoms with Gasteiger partial charge in [0.15, 0.2) is 10.8 Å². The molecule has 0 bridgehead atoms. The topological polar surface area (TPSA) is 105 Å². The van der Waals surface area contributed by atoms with E-state index in [-0.39, 0.29) is 18.2 Å². The number of amides is 2. The molecule has 2 aliphatic rings. The first kappa shape index (κ1) is 23.4. The molecule has 0 aliphatic carbocycles. The molecule has 2 fully saturated rings. The van der Waals surface area contributed by atoms with Crippen LogP contribution in [0.1, 0.15) is 19.3 Å². The average Bonchev–Trinajstić information content (AvgIpc) is 3.64. The number of methoxy groups -OCH3 is 1. The maximum absolute atomic E-state index is 12.8. The van der Waals surface area contributed by atoms with E-state index in [9.17, 15) is 9.59 Å². The van der Waals surface area contributed by atoms with Gasteiger partial charge in [0, 0.05) is 44.4 Å². The van der Waals surface area contributed by atoms with Crippen LogP contribution in [0.15, 0.2) is 35.6 Å². The molecule has 1 unspecified atom stereocenters. The summed E-state index contributed by atoms with van der Waals surface area (Å²) < 4.78 is 7.07. The third kappa shape index (κ3) is 4.77. The van der Waals surface area contributed by atoms with Crippen LogP contribution in [0.2, 0.25) is 0 Å². The number of anilines is 2. The molecule has 0 spiro atoms. The van der Waals surface area contributed by atoms with Gasteiger partial charge < -0.3 is 19.9 Å². The van der Waals surface area contributed by atoms with Crippen molar-refractivity contribution in [3.63, 3.8) is 0 Å². The van der Waals surface area contributed by atoms with E-state index in [0.29, 0.717) is 30.5 Å². The number of nitrogens with zero attached hydrogens (tertiary/aromatic N) is 6. The highest BCUT2D eigenvalue weighted by molar-refractivity contribution is 7.98. The summed E-state index contributed by atoms with van der Waals surface area (Å²) in [5, 5.41) is 9.16.